The van der Waals surface area contributed by atoms with Crippen LogP contribution < -0.4 is 10.6 Å². The van der Waals surface area contributed by atoms with Gasteiger partial charge in [0, 0.05) is 12.4 Å². The zero-order valence-corrected chi connectivity index (χ0v) is 6.80. The number of urea groups is 1. The largest absolute Gasteiger partial charge is 0.485 e. The van der Waals surface area contributed by atoms with E-state index in [1.165, 1.54) is 0 Å². The quantitative estimate of drug-likeness (QED) is 0.408. The van der Waals surface area contributed by atoms with Gasteiger partial charge < -0.3 is 5.32 Å². The van der Waals surface area contributed by atoms with Gasteiger partial charge in [-0.15, -0.1) is 11.6 Å². The molecule has 0 unspecified atom stereocenters. The molecule has 7 heteroatoms. The van der Waals surface area contributed by atoms with Gasteiger partial charge in [0.05, 0.1) is 0 Å². The van der Waals surface area contributed by atoms with Gasteiger partial charge in [0.2, 0.25) is 0 Å². The summed E-state index contributed by atoms with van der Waals surface area (Å²) in [4.78, 5) is 10.3. The first-order valence-electron chi connectivity index (χ1n) is 3.14. The summed E-state index contributed by atoms with van der Waals surface area (Å²) in [6.07, 6.45) is -4.24. The van der Waals surface area contributed by atoms with E-state index in [4.69, 9.17) is 11.6 Å². The minimum absolute atomic E-state index is 0.130. The van der Waals surface area contributed by atoms with Crippen molar-refractivity contribution in [3.63, 3.8) is 0 Å². The second-order valence-electron chi connectivity index (χ2n) is 1.92. The highest BCUT2D eigenvalue weighted by atomic mass is 35.5. The summed E-state index contributed by atoms with van der Waals surface area (Å²) in [6.45, 7) is 0.130. The number of amides is 2. The number of nitrogens with one attached hydrogen (secondary N) is 2. The van der Waals surface area contributed by atoms with E-state index in [2.05, 4.69) is 0 Å². The van der Waals surface area contributed by atoms with Crippen LogP contribution in [0.25, 0.3) is 0 Å². The van der Waals surface area contributed by atoms with Gasteiger partial charge >= 0.3 is 12.3 Å². The van der Waals surface area contributed by atoms with Gasteiger partial charge in [0.15, 0.2) is 0 Å². The van der Waals surface area contributed by atoms with Crippen LogP contribution in [0.2, 0.25) is 0 Å². The molecule has 72 valence electrons. The molecule has 0 fully saturated rings. The van der Waals surface area contributed by atoms with Crippen molar-refractivity contribution in [1.82, 2.24) is 10.6 Å². The lowest BCUT2D eigenvalue weighted by molar-refractivity contribution is -0.145. The predicted molar refractivity (Wildman–Crippen MR) is 37.9 cm³/mol. The van der Waals surface area contributed by atoms with Crippen LogP contribution in [0.5, 0.6) is 0 Å². The third-order valence-electron chi connectivity index (χ3n) is 0.851. The van der Waals surface area contributed by atoms with Crippen LogP contribution in [0.3, 0.4) is 0 Å². The first-order valence-corrected chi connectivity index (χ1v) is 3.68. The van der Waals surface area contributed by atoms with Crippen LogP contribution in [-0.2, 0) is 0 Å². The molecule has 0 atom stereocenters. The van der Waals surface area contributed by atoms with Gasteiger partial charge in [-0.05, 0) is 6.42 Å². The summed E-state index contributed by atoms with van der Waals surface area (Å²) in [6, 6.07) is -1.26. The van der Waals surface area contributed by atoms with Crippen LogP contribution in [0, 0.1) is 0 Å². The standard InChI is InChI=1S/C5H8ClF3N2O/c6-2-1-3-10-4(12)11-5(7,8)9/h1-3H2,(H2,10,11,12). The molecule has 0 heterocycles. The molecular formula is C5H8ClF3N2O. The first-order chi connectivity index (χ1) is 5.45. The molecule has 12 heavy (non-hydrogen) atoms. The van der Waals surface area contributed by atoms with Crippen LogP contribution in [-0.4, -0.2) is 24.8 Å². The second-order valence-corrected chi connectivity index (χ2v) is 2.30. The summed E-state index contributed by atoms with van der Waals surface area (Å²) in [5.74, 6) is 0.298. The highest BCUT2D eigenvalue weighted by molar-refractivity contribution is 6.17. The molecule has 0 saturated heterocycles. The van der Waals surface area contributed by atoms with E-state index in [1.54, 1.807) is 0 Å². The molecule has 0 aliphatic carbocycles. The fourth-order valence-corrected chi connectivity index (χ4v) is 0.575. The maximum Gasteiger partial charge on any atom is 0.485 e. The minimum atomic E-state index is -4.68. The Labute approximate surface area is 72.3 Å². The molecule has 0 aromatic carbocycles. The van der Waals surface area contributed by atoms with Crippen molar-refractivity contribution in [3.05, 3.63) is 0 Å². The zero-order chi connectivity index (χ0) is 9.61. The van der Waals surface area contributed by atoms with Gasteiger partial charge in [-0.1, -0.05) is 0 Å². The number of hydrogen-bond acceptors (Lipinski definition) is 1. The number of carbonyl (C=O) groups is 1. The van der Waals surface area contributed by atoms with Gasteiger partial charge in [-0.2, -0.15) is 13.2 Å². The monoisotopic (exact) mass is 204 g/mol. The molecule has 0 rings (SSSR count). The van der Waals surface area contributed by atoms with Crippen LogP contribution in [0.15, 0.2) is 0 Å². The van der Waals surface area contributed by atoms with Gasteiger partial charge in [-0.25, -0.2) is 10.1 Å². The van der Waals surface area contributed by atoms with Crippen molar-refractivity contribution >= 4 is 17.6 Å². The van der Waals surface area contributed by atoms with Crippen molar-refractivity contribution in [2.75, 3.05) is 12.4 Å². The Hall–Kier alpha value is -0.650. The predicted octanol–water partition coefficient (Wildman–Crippen LogP) is 1.43. The molecule has 0 aliphatic rings. The normalized spacial score (nSPS) is 11.0. The number of alkyl halides is 4. The molecule has 0 bridgehead atoms. The van der Waals surface area contributed by atoms with E-state index >= 15 is 0 Å². The smallest absolute Gasteiger partial charge is 0.338 e. The SMILES string of the molecule is O=C(NCCCCl)NC(F)(F)F. The topological polar surface area (TPSA) is 41.1 Å². The summed E-state index contributed by atoms with van der Waals surface area (Å²) in [5.41, 5.74) is 0. The van der Waals surface area contributed by atoms with Crippen LogP contribution in [0.1, 0.15) is 6.42 Å². The molecular weight excluding hydrogens is 197 g/mol. The molecule has 0 aliphatic heterocycles. The number of carbonyl (C=O) groups excluding carboxylic acids is 1. The van der Waals surface area contributed by atoms with Crippen molar-refractivity contribution < 1.29 is 18.0 Å². The van der Waals surface area contributed by atoms with Crippen molar-refractivity contribution in [1.29, 1.82) is 0 Å². The fraction of sp³-hybridized carbons (Fsp3) is 0.800. The number of rotatable bonds is 3. The Balaban J connectivity index is 3.47. The average Bonchev–Trinajstić information content (AvgIpc) is 1.84. The maximum atomic E-state index is 11.4. The Morgan fingerprint density at radius 3 is 2.42 bits per heavy atom. The molecule has 0 radical (unpaired) electrons. The third kappa shape index (κ3) is 7.46. The minimum Gasteiger partial charge on any atom is -0.338 e. The molecule has 3 nitrogen and oxygen atoms in total. The average molecular weight is 205 g/mol. The van der Waals surface area contributed by atoms with E-state index < -0.39 is 12.3 Å². The van der Waals surface area contributed by atoms with Gasteiger partial charge in [0.1, 0.15) is 0 Å². The lowest BCUT2D eigenvalue weighted by Crippen LogP contribution is -2.44. The molecule has 2 amide bonds. The van der Waals surface area contributed by atoms with E-state index in [1.807, 2.05) is 5.32 Å². The molecule has 0 saturated carbocycles. The number of halogens is 4. The van der Waals surface area contributed by atoms with E-state index in [0.29, 0.717) is 12.3 Å². The summed E-state index contributed by atoms with van der Waals surface area (Å²) < 4.78 is 34.3. The van der Waals surface area contributed by atoms with Gasteiger partial charge in [0.25, 0.3) is 0 Å². The van der Waals surface area contributed by atoms with Crippen LogP contribution >= 0.6 is 11.6 Å². The summed E-state index contributed by atoms with van der Waals surface area (Å²) in [5, 5.41) is 2.77. The van der Waals surface area contributed by atoms with E-state index in [-0.39, 0.29) is 6.54 Å². The Bertz CT molecular complexity index is 150. The Morgan fingerprint density at radius 1 is 1.42 bits per heavy atom. The van der Waals surface area contributed by atoms with Crippen molar-refractivity contribution in [2.24, 2.45) is 0 Å². The molecule has 2 N–H and O–H groups in total. The van der Waals surface area contributed by atoms with Crippen molar-refractivity contribution in [2.45, 2.75) is 12.7 Å². The van der Waals surface area contributed by atoms with E-state index in [9.17, 15) is 18.0 Å². The third-order valence-corrected chi connectivity index (χ3v) is 1.12. The van der Waals surface area contributed by atoms with Crippen molar-refractivity contribution in [3.8, 4) is 0 Å². The zero-order valence-electron chi connectivity index (χ0n) is 6.04. The molecule has 0 aromatic rings. The lowest BCUT2D eigenvalue weighted by atomic mass is 10.5. The highest BCUT2D eigenvalue weighted by Gasteiger charge is 2.29. The molecule has 0 spiro atoms. The van der Waals surface area contributed by atoms with Gasteiger partial charge in [-0.3, -0.25) is 0 Å². The Kier molecular flexibility index (Phi) is 4.80. The summed E-state index contributed by atoms with van der Waals surface area (Å²) in [7, 11) is 0. The van der Waals surface area contributed by atoms with E-state index in [0.717, 1.165) is 5.32 Å². The maximum absolute atomic E-state index is 11.4. The Morgan fingerprint density at radius 2 is 2.00 bits per heavy atom. The fourth-order valence-electron chi connectivity index (χ4n) is 0.442. The number of hydrogen-bond donors (Lipinski definition) is 2. The van der Waals surface area contributed by atoms with Crippen LogP contribution in [0.4, 0.5) is 18.0 Å². The highest BCUT2D eigenvalue weighted by Crippen LogP contribution is 2.08. The lowest BCUT2D eigenvalue weighted by Gasteiger charge is -2.08. The molecule has 0 aromatic heterocycles. The summed E-state index contributed by atoms with van der Waals surface area (Å²) >= 11 is 5.22. The second kappa shape index (κ2) is 5.08. The first kappa shape index (κ1) is 11.4.